The van der Waals surface area contributed by atoms with E-state index >= 15 is 0 Å². The molecule has 146 valence electrons. The van der Waals surface area contributed by atoms with Crippen LogP contribution in [0.5, 0.6) is 0 Å². The molecule has 1 aromatic carbocycles. The number of aromatic nitrogens is 1. The summed E-state index contributed by atoms with van der Waals surface area (Å²) in [5.74, 6) is -0.0871. The molecule has 1 aliphatic heterocycles. The third-order valence-corrected chi connectivity index (χ3v) is 5.23. The van der Waals surface area contributed by atoms with Crippen molar-refractivity contribution in [3.63, 3.8) is 0 Å². The summed E-state index contributed by atoms with van der Waals surface area (Å²) in [5, 5.41) is 8.17. The molecule has 1 aliphatic rings. The highest BCUT2D eigenvalue weighted by molar-refractivity contribution is 7.09. The fourth-order valence-electron chi connectivity index (χ4n) is 3.04. The van der Waals surface area contributed by atoms with E-state index in [2.05, 4.69) is 15.6 Å². The van der Waals surface area contributed by atoms with Crippen LogP contribution in [0.2, 0.25) is 0 Å². The Balaban J connectivity index is 0.00000261. The highest BCUT2D eigenvalue weighted by atomic mass is 35.5. The number of halogens is 1. The largest absolute Gasteiger partial charge is 0.336 e. The van der Waals surface area contributed by atoms with Crippen LogP contribution in [0.1, 0.15) is 34.8 Å². The number of hydrogen-bond acceptors (Lipinski definition) is 5. The summed E-state index contributed by atoms with van der Waals surface area (Å²) in [6, 6.07) is 8.97. The first-order valence-corrected chi connectivity index (χ1v) is 9.60. The normalized spacial score (nSPS) is 16.3. The van der Waals surface area contributed by atoms with Crippen LogP contribution in [-0.2, 0) is 6.54 Å². The van der Waals surface area contributed by atoms with Gasteiger partial charge in [0.2, 0.25) is 0 Å². The summed E-state index contributed by atoms with van der Waals surface area (Å²) in [7, 11) is 0. The summed E-state index contributed by atoms with van der Waals surface area (Å²) in [4.78, 5) is 31.0. The molecule has 1 atom stereocenters. The van der Waals surface area contributed by atoms with Crippen molar-refractivity contribution in [2.24, 2.45) is 5.73 Å². The SMILES string of the molecule is Cl.NCc1nc(C(=O)N2CCCCC2CNC(=O)Nc2ccccc2)cs1. The number of hydrogen-bond donors (Lipinski definition) is 3. The van der Waals surface area contributed by atoms with Gasteiger partial charge in [-0.15, -0.1) is 23.7 Å². The average molecular weight is 410 g/mol. The lowest BCUT2D eigenvalue weighted by atomic mass is 10.0. The zero-order chi connectivity index (χ0) is 18.4. The van der Waals surface area contributed by atoms with Crippen molar-refractivity contribution in [1.29, 1.82) is 0 Å². The number of rotatable bonds is 5. The monoisotopic (exact) mass is 409 g/mol. The van der Waals surface area contributed by atoms with Crippen LogP contribution in [0.15, 0.2) is 35.7 Å². The van der Waals surface area contributed by atoms with Crippen molar-refractivity contribution >= 4 is 41.4 Å². The van der Waals surface area contributed by atoms with E-state index in [4.69, 9.17) is 5.73 Å². The van der Waals surface area contributed by atoms with E-state index in [1.807, 2.05) is 35.2 Å². The van der Waals surface area contributed by atoms with Gasteiger partial charge in [0, 0.05) is 36.7 Å². The lowest BCUT2D eigenvalue weighted by Crippen LogP contribution is -2.50. The summed E-state index contributed by atoms with van der Waals surface area (Å²) in [6.45, 7) is 1.43. The Morgan fingerprint density at radius 1 is 1.26 bits per heavy atom. The minimum absolute atomic E-state index is 0. The molecule has 27 heavy (non-hydrogen) atoms. The number of carbonyl (C=O) groups excluding carboxylic acids is 2. The van der Waals surface area contributed by atoms with E-state index in [0.29, 0.717) is 25.3 Å². The number of urea groups is 1. The third kappa shape index (κ3) is 5.66. The first kappa shape index (κ1) is 21.1. The van der Waals surface area contributed by atoms with Gasteiger partial charge >= 0.3 is 6.03 Å². The van der Waals surface area contributed by atoms with Crippen molar-refractivity contribution < 1.29 is 9.59 Å². The number of piperidine rings is 1. The van der Waals surface area contributed by atoms with Crippen LogP contribution < -0.4 is 16.4 Å². The van der Waals surface area contributed by atoms with E-state index in [0.717, 1.165) is 30.0 Å². The van der Waals surface area contributed by atoms with Crippen molar-refractivity contribution in [3.8, 4) is 0 Å². The fourth-order valence-corrected chi connectivity index (χ4v) is 3.69. The molecular formula is C18H24ClN5O2S. The summed E-state index contributed by atoms with van der Waals surface area (Å²) < 4.78 is 0. The van der Waals surface area contributed by atoms with E-state index < -0.39 is 0 Å². The Hall–Kier alpha value is -2.16. The molecule has 3 rings (SSSR count). The molecule has 4 N–H and O–H groups in total. The predicted molar refractivity (Wildman–Crippen MR) is 109 cm³/mol. The maximum absolute atomic E-state index is 12.8. The number of nitrogens with zero attached hydrogens (tertiary/aromatic N) is 2. The van der Waals surface area contributed by atoms with Gasteiger partial charge in [-0.3, -0.25) is 4.79 Å². The Morgan fingerprint density at radius 2 is 2.04 bits per heavy atom. The van der Waals surface area contributed by atoms with Crippen LogP contribution >= 0.6 is 23.7 Å². The molecule has 1 aromatic heterocycles. The highest BCUT2D eigenvalue weighted by Crippen LogP contribution is 2.20. The van der Waals surface area contributed by atoms with Gasteiger partial charge in [0.25, 0.3) is 5.91 Å². The molecule has 0 bridgehead atoms. The molecule has 9 heteroatoms. The highest BCUT2D eigenvalue weighted by Gasteiger charge is 2.29. The van der Waals surface area contributed by atoms with Crippen molar-refractivity contribution in [2.45, 2.75) is 31.8 Å². The van der Waals surface area contributed by atoms with Crippen LogP contribution in [0, 0.1) is 0 Å². The second kappa shape index (κ2) is 10.2. The van der Waals surface area contributed by atoms with E-state index in [1.54, 1.807) is 5.38 Å². The smallest absolute Gasteiger partial charge is 0.319 e. The molecule has 7 nitrogen and oxygen atoms in total. The van der Waals surface area contributed by atoms with E-state index in [-0.39, 0.29) is 30.4 Å². The Kier molecular flexibility index (Phi) is 8.02. The molecular weight excluding hydrogens is 386 g/mol. The summed E-state index contributed by atoms with van der Waals surface area (Å²) in [6.07, 6.45) is 2.87. The first-order chi connectivity index (χ1) is 12.7. The molecule has 0 radical (unpaired) electrons. The molecule has 2 aromatic rings. The average Bonchev–Trinajstić information content (AvgIpc) is 3.16. The van der Waals surface area contributed by atoms with Gasteiger partial charge in [-0.2, -0.15) is 0 Å². The van der Waals surface area contributed by atoms with Crippen LogP contribution in [0.25, 0.3) is 0 Å². The molecule has 1 saturated heterocycles. The second-order valence-corrected chi connectivity index (χ2v) is 7.12. The number of nitrogens with two attached hydrogens (primary N) is 1. The molecule has 1 unspecified atom stereocenters. The number of thiazole rings is 1. The van der Waals surface area contributed by atoms with Gasteiger partial charge in [-0.25, -0.2) is 9.78 Å². The van der Waals surface area contributed by atoms with Gasteiger partial charge in [0.15, 0.2) is 0 Å². The number of benzene rings is 1. The van der Waals surface area contributed by atoms with Gasteiger partial charge in [-0.05, 0) is 31.4 Å². The lowest BCUT2D eigenvalue weighted by Gasteiger charge is -2.35. The zero-order valence-electron chi connectivity index (χ0n) is 14.9. The first-order valence-electron chi connectivity index (χ1n) is 8.72. The number of para-hydroxylation sites is 1. The Morgan fingerprint density at radius 3 is 2.74 bits per heavy atom. The number of anilines is 1. The molecule has 0 spiro atoms. The maximum atomic E-state index is 12.8. The molecule has 1 fully saturated rings. The molecule has 0 saturated carbocycles. The summed E-state index contributed by atoms with van der Waals surface area (Å²) in [5.41, 5.74) is 6.76. The number of likely N-dealkylation sites (tertiary alicyclic amines) is 1. The van der Waals surface area contributed by atoms with Gasteiger partial charge in [0.1, 0.15) is 10.7 Å². The van der Waals surface area contributed by atoms with E-state index in [1.165, 1.54) is 11.3 Å². The number of carbonyl (C=O) groups is 2. The second-order valence-electron chi connectivity index (χ2n) is 6.18. The fraction of sp³-hybridized carbons (Fsp3) is 0.389. The van der Waals surface area contributed by atoms with Gasteiger partial charge in [-0.1, -0.05) is 18.2 Å². The molecule has 0 aliphatic carbocycles. The molecule has 2 heterocycles. The van der Waals surface area contributed by atoms with Crippen LogP contribution in [0.4, 0.5) is 10.5 Å². The van der Waals surface area contributed by atoms with Crippen LogP contribution in [-0.4, -0.2) is 41.0 Å². The lowest BCUT2D eigenvalue weighted by molar-refractivity contribution is 0.0610. The number of nitrogens with one attached hydrogen (secondary N) is 2. The standard InChI is InChI=1S/C18H23N5O2S.ClH/c19-10-16-22-15(12-26-16)17(24)23-9-5-4-8-14(23)11-20-18(25)21-13-6-2-1-3-7-13;/h1-3,6-7,12,14H,4-5,8-11,19H2,(H2,20,21,25);1H. The summed E-state index contributed by atoms with van der Waals surface area (Å²) >= 11 is 1.40. The van der Waals surface area contributed by atoms with Crippen molar-refractivity contribution in [1.82, 2.24) is 15.2 Å². The topological polar surface area (TPSA) is 100 Å². The molecule has 3 amide bonds. The van der Waals surface area contributed by atoms with Crippen LogP contribution in [0.3, 0.4) is 0 Å². The Labute approximate surface area is 168 Å². The minimum atomic E-state index is -0.270. The van der Waals surface area contributed by atoms with E-state index in [9.17, 15) is 9.59 Å². The van der Waals surface area contributed by atoms with Gasteiger partial charge < -0.3 is 21.3 Å². The number of amides is 3. The maximum Gasteiger partial charge on any atom is 0.319 e. The Bertz CT molecular complexity index is 755. The zero-order valence-corrected chi connectivity index (χ0v) is 16.5. The van der Waals surface area contributed by atoms with Crippen molar-refractivity contribution in [3.05, 3.63) is 46.4 Å². The van der Waals surface area contributed by atoms with Crippen molar-refractivity contribution in [2.75, 3.05) is 18.4 Å². The quantitative estimate of drug-likeness (QED) is 0.706. The minimum Gasteiger partial charge on any atom is -0.336 e. The predicted octanol–water partition coefficient (Wildman–Crippen LogP) is 2.84. The van der Waals surface area contributed by atoms with Gasteiger partial charge in [0.05, 0.1) is 0 Å². The third-order valence-electron chi connectivity index (χ3n) is 4.36.